The molecule has 2 heterocycles. The highest BCUT2D eigenvalue weighted by atomic mass is 16.3. The first kappa shape index (κ1) is 25.2. The summed E-state index contributed by atoms with van der Waals surface area (Å²) in [7, 11) is 0. The first-order valence-electron chi connectivity index (χ1n) is 12.9. The van der Waals surface area contributed by atoms with Crippen molar-refractivity contribution in [2.75, 3.05) is 4.90 Å². The second-order valence-corrected chi connectivity index (χ2v) is 10.6. The normalized spacial score (nSPS) is 11.8. The Morgan fingerprint density at radius 2 is 1.03 bits per heavy atom. The molecule has 0 saturated carbocycles. The van der Waals surface area contributed by atoms with Gasteiger partial charge in [0.2, 0.25) is 0 Å². The molecule has 0 radical (unpaired) electrons. The van der Waals surface area contributed by atoms with E-state index in [1.54, 1.807) is 6.07 Å². The highest BCUT2D eigenvalue weighted by Gasteiger charge is 2.29. The minimum atomic E-state index is -0.506. The molecule has 0 aliphatic rings. The van der Waals surface area contributed by atoms with Gasteiger partial charge in [-0.2, -0.15) is 0 Å². The van der Waals surface area contributed by atoms with Crippen LogP contribution in [0.3, 0.4) is 0 Å². The van der Waals surface area contributed by atoms with Crippen molar-refractivity contribution in [2.45, 2.75) is 38.5 Å². The Labute approximate surface area is 225 Å². The van der Waals surface area contributed by atoms with Crippen LogP contribution in [0.2, 0.25) is 0 Å². The Balaban J connectivity index is 1.63. The van der Waals surface area contributed by atoms with Crippen molar-refractivity contribution in [2.24, 2.45) is 0 Å². The summed E-state index contributed by atoms with van der Waals surface area (Å²) in [5.41, 5.74) is 4.07. The van der Waals surface area contributed by atoms with Crippen molar-refractivity contribution < 1.29 is 5.11 Å². The Hall–Kier alpha value is -4.44. The molecule has 0 aliphatic heterocycles. The number of pyridine rings is 2. The largest absolute Gasteiger partial charge is 0.508 e. The van der Waals surface area contributed by atoms with Crippen molar-refractivity contribution in [3.05, 3.63) is 144 Å². The Bertz CT molecular complexity index is 1530. The van der Waals surface area contributed by atoms with Crippen LogP contribution in [0.1, 0.15) is 50.2 Å². The number of phenolic OH excluding ortho intramolecular Hbond substituents is 1. The van der Waals surface area contributed by atoms with Crippen LogP contribution in [0.15, 0.2) is 121 Å². The summed E-state index contributed by atoms with van der Waals surface area (Å²) in [6.07, 6.45) is 0. The number of nitrogens with zero attached hydrogens (tertiary/aromatic N) is 3. The lowest BCUT2D eigenvalue weighted by Crippen LogP contribution is -2.24. The van der Waals surface area contributed by atoms with Crippen molar-refractivity contribution >= 4 is 17.3 Å². The minimum absolute atomic E-state index is 0.266. The predicted octanol–water partition coefficient (Wildman–Crippen LogP) is 8.30. The van der Waals surface area contributed by atoms with Crippen LogP contribution in [0.25, 0.3) is 0 Å². The van der Waals surface area contributed by atoms with Gasteiger partial charge in [-0.05, 0) is 48.0 Å². The number of aromatic nitrogens is 2. The number of rotatable bonds is 7. The molecule has 38 heavy (non-hydrogen) atoms. The molecule has 5 aromatic rings. The quantitative estimate of drug-likeness (QED) is 0.245. The van der Waals surface area contributed by atoms with Gasteiger partial charge in [-0.15, -0.1) is 0 Å². The summed E-state index contributed by atoms with van der Waals surface area (Å²) in [6.45, 7) is 8.58. The maximum absolute atomic E-state index is 10.6. The molecular weight excluding hydrogens is 466 g/mol. The van der Waals surface area contributed by atoms with E-state index in [0.717, 1.165) is 34.3 Å². The molecule has 4 nitrogen and oxygen atoms in total. The molecule has 0 saturated heterocycles. The zero-order valence-electron chi connectivity index (χ0n) is 22.3. The molecule has 0 fully saturated rings. The van der Waals surface area contributed by atoms with Crippen LogP contribution < -0.4 is 4.90 Å². The van der Waals surface area contributed by atoms with Gasteiger partial charge < -0.3 is 5.11 Å². The van der Waals surface area contributed by atoms with Crippen LogP contribution in [0, 0.1) is 0 Å². The lowest BCUT2D eigenvalue weighted by molar-refractivity contribution is 0.451. The predicted molar refractivity (Wildman–Crippen MR) is 156 cm³/mol. The molecule has 0 amide bonds. The summed E-state index contributed by atoms with van der Waals surface area (Å²) in [5, 5.41) is 10.6. The van der Waals surface area contributed by atoms with E-state index in [9.17, 15) is 5.11 Å². The monoisotopic (exact) mass is 499 g/mol. The van der Waals surface area contributed by atoms with Gasteiger partial charge in [0.1, 0.15) is 17.4 Å². The van der Waals surface area contributed by atoms with Gasteiger partial charge in [0, 0.05) is 22.1 Å². The van der Waals surface area contributed by atoms with Crippen LogP contribution in [0.5, 0.6) is 5.75 Å². The van der Waals surface area contributed by atoms with E-state index in [2.05, 4.69) is 81.1 Å². The molecule has 3 aromatic carbocycles. The minimum Gasteiger partial charge on any atom is -0.508 e. The van der Waals surface area contributed by atoms with Gasteiger partial charge in [-0.3, -0.25) is 4.90 Å². The number of phenols is 1. The van der Waals surface area contributed by atoms with E-state index in [1.165, 1.54) is 5.56 Å². The van der Waals surface area contributed by atoms with Gasteiger partial charge in [0.05, 0.1) is 11.4 Å². The van der Waals surface area contributed by atoms with E-state index >= 15 is 0 Å². The zero-order chi connectivity index (χ0) is 26.8. The third kappa shape index (κ3) is 4.78. The molecule has 2 aromatic heterocycles. The third-order valence-electron chi connectivity index (χ3n) is 7.29. The summed E-state index contributed by atoms with van der Waals surface area (Å²) >= 11 is 0. The van der Waals surface area contributed by atoms with Crippen LogP contribution >= 0.6 is 0 Å². The topological polar surface area (TPSA) is 49.2 Å². The second-order valence-electron chi connectivity index (χ2n) is 10.6. The first-order chi connectivity index (χ1) is 18.3. The Morgan fingerprint density at radius 3 is 1.61 bits per heavy atom. The summed E-state index contributed by atoms with van der Waals surface area (Å²) < 4.78 is 0. The molecule has 0 aliphatic carbocycles. The number of anilines is 3. The van der Waals surface area contributed by atoms with Gasteiger partial charge in [-0.25, -0.2) is 9.97 Å². The summed E-state index contributed by atoms with van der Waals surface area (Å²) in [5.74, 6) is 1.82. The van der Waals surface area contributed by atoms with E-state index < -0.39 is 5.41 Å². The molecule has 4 heteroatoms. The van der Waals surface area contributed by atoms with Crippen molar-refractivity contribution in [3.8, 4) is 5.75 Å². The molecule has 0 spiro atoms. The fourth-order valence-corrected chi connectivity index (χ4v) is 4.89. The lowest BCUT2D eigenvalue weighted by Gasteiger charge is -2.30. The van der Waals surface area contributed by atoms with Crippen molar-refractivity contribution in [1.29, 1.82) is 0 Å². The number of benzene rings is 3. The Morgan fingerprint density at radius 1 is 0.526 bits per heavy atom. The maximum atomic E-state index is 10.6. The summed E-state index contributed by atoms with van der Waals surface area (Å²) in [4.78, 5) is 12.4. The van der Waals surface area contributed by atoms with Gasteiger partial charge in [0.15, 0.2) is 0 Å². The van der Waals surface area contributed by atoms with Gasteiger partial charge in [0.25, 0.3) is 0 Å². The molecular formula is C34H33N3O. The number of para-hydroxylation sites is 2. The van der Waals surface area contributed by atoms with Crippen LogP contribution in [-0.4, -0.2) is 15.1 Å². The molecule has 0 bridgehead atoms. The smallest absolute Gasteiger partial charge is 0.139 e. The standard InChI is InChI=1S/C34H33N3O/c1-33(2,25-15-7-5-8-16-25)29-21-13-23-31(35-29)37(26-17-9-6-10-18-26)32-24-14-22-30(36-32)34(3,4)27-19-11-12-20-28(27)38/h5-24,38H,1-4H3. The molecule has 0 atom stereocenters. The maximum Gasteiger partial charge on any atom is 0.139 e. The second kappa shape index (κ2) is 10.1. The van der Waals surface area contributed by atoms with Crippen molar-refractivity contribution in [1.82, 2.24) is 9.97 Å². The number of aromatic hydroxyl groups is 1. The highest BCUT2D eigenvalue weighted by molar-refractivity contribution is 5.72. The molecule has 5 rings (SSSR count). The zero-order valence-corrected chi connectivity index (χ0v) is 22.3. The molecule has 190 valence electrons. The van der Waals surface area contributed by atoms with E-state index in [1.807, 2.05) is 66.7 Å². The molecule has 1 N–H and O–H groups in total. The fourth-order valence-electron chi connectivity index (χ4n) is 4.89. The first-order valence-corrected chi connectivity index (χ1v) is 12.9. The van der Waals surface area contributed by atoms with Crippen LogP contribution in [-0.2, 0) is 10.8 Å². The van der Waals surface area contributed by atoms with Crippen LogP contribution in [0.4, 0.5) is 17.3 Å². The van der Waals surface area contributed by atoms with Crippen molar-refractivity contribution in [3.63, 3.8) is 0 Å². The molecule has 0 unspecified atom stereocenters. The SMILES string of the molecule is CC(C)(c1ccccc1)c1cccc(N(c2ccccc2)c2cccc(C(C)(C)c3ccccc3O)n2)n1. The van der Waals surface area contributed by atoms with E-state index in [0.29, 0.717) is 0 Å². The Kier molecular flexibility index (Phi) is 6.73. The highest BCUT2D eigenvalue weighted by Crippen LogP contribution is 2.39. The van der Waals surface area contributed by atoms with Gasteiger partial charge in [-0.1, -0.05) is 107 Å². The third-order valence-corrected chi connectivity index (χ3v) is 7.29. The summed E-state index contributed by atoms with van der Waals surface area (Å²) in [6, 6.07) is 40.3. The van der Waals surface area contributed by atoms with Gasteiger partial charge >= 0.3 is 0 Å². The number of hydrogen-bond acceptors (Lipinski definition) is 4. The van der Waals surface area contributed by atoms with E-state index in [4.69, 9.17) is 9.97 Å². The lowest BCUT2D eigenvalue weighted by atomic mass is 9.80. The average molecular weight is 500 g/mol. The number of hydrogen-bond donors (Lipinski definition) is 1. The fraction of sp³-hybridized carbons (Fsp3) is 0.176. The van der Waals surface area contributed by atoms with E-state index in [-0.39, 0.29) is 11.2 Å². The average Bonchev–Trinajstić information content (AvgIpc) is 2.95.